The lowest BCUT2D eigenvalue weighted by Gasteiger charge is -2.31. The molecule has 1 heterocycles. The highest BCUT2D eigenvalue weighted by atomic mass is 35.5. The molecule has 39 heavy (non-hydrogen) atoms. The first kappa shape index (κ1) is 29.7. The highest BCUT2D eigenvalue weighted by Crippen LogP contribution is 2.20. The first-order valence-electron chi connectivity index (χ1n) is 12.1. The standard InChI is InChI=1S/C26H29ClF2N6O4/c1-16(36)35(33-14-18-4-2-6-22(29)25(18)27)21(5-3-9-31-24(37)12-30)15-39-26(38)34-23-11-19-10-20(28)8-7-17(19)13-32-23/h2,4,6-8,10-11,13,21,33H,3,5,9,12,14-15,30H2,1H3,(H,31,37)(H,32,34,38)/t21-/m0/s1. The molecule has 0 radical (unpaired) electrons. The summed E-state index contributed by atoms with van der Waals surface area (Å²) in [4.78, 5) is 40.6. The summed E-state index contributed by atoms with van der Waals surface area (Å²) >= 11 is 6.03. The third-order valence-corrected chi connectivity index (χ3v) is 6.14. The van der Waals surface area contributed by atoms with Crippen LogP contribution in [0.25, 0.3) is 10.8 Å². The molecule has 0 bridgehead atoms. The molecular weight excluding hydrogens is 534 g/mol. The van der Waals surface area contributed by atoms with E-state index < -0.39 is 23.8 Å². The number of anilines is 1. The van der Waals surface area contributed by atoms with Crippen molar-refractivity contribution in [1.82, 2.24) is 20.7 Å². The van der Waals surface area contributed by atoms with Crippen molar-refractivity contribution in [3.8, 4) is 0 Å². The lowest BCUT2D eigenvalue weighted by Crippen LogP contribution is -2.50. The van der Waals surface area contributed by atoms with E-state index in [1.165, 1.54) is 48.5 Å². The Morgan fingerprint density at radius 3 is 2.69 bits per heavy atom. The number of carbonyl (C=O) groups is 3. The number of amides is 3. The van der Waals surface area contributed by atoms with Gasteiger partial charge >= 0.3 is 6.09 Å². The minimum absolute atomic E-state index is 0.0281. The SMILES string of the molecule is CC(=O)N(NCc1cccc(F)c1Cl)[C@@H](CCCNC(=O)CN)COC(=O)Nc1cc2cc(F)ccc2cn1. The Kier molecular flexibility index (Phi) is 10.9. The van der Waals surface area contributed by atoms with Gasteiger partial charge in [-0.3, -0.25) is 19.9 Å². The summed E-state index contributed by atoms with van der Waals surface area (Å²) in [6.45, 7) is 1.26. The Morgan fingerprint density at radius 2 is 1.95 bits per heavy atom. The third kappa shape index (κ3) is 8.84. The molecule has 0 spiro atoms. The molecule has 1 atom stereocenters. The lowest BCUT2D eigenvalue weighted by atomic mass is 10.1. The lowest BCUT2D eigenvalue weighted by molar-refractivity contribution is -0.136. The van der Waals surface area contributed by atoms with Gasteiger partial charge in [-0.25, -0.2) is 24.0 Å². The molecule has 2 aromatic carbocycles. The average molecular weight is 563 g/mol. The van der Waals surface area contributed by atoms with Crippen LogP contribution < -0.4 is 21.8 Å². The number of nitrogens with two attached hydrogens (primary N) is 1. The fraction of sp³-hybridized carbons (Fsp3) is 0.308. The van der Waals surface area contributed by atoms with Gasteiger partial charge in [0, 0.05) is 31.6 Å². The van der Waals surface area contributed by atoms with Crippen LogP contribution in [0.3, 0.4) is 0 Å². The molecule has 0 fully saturated rings. The maximum absolute atomic E-state index is 13.8. The van der Waals surface area contributed by atoms with Crippen molar-refractivity contribution in [3.05, 3.63) is 70.9 Å². The van der Waals surface area contributed by atoms with Gasteiger partial charge < -0.3 is 15.8 Å². The van der Waals surface area contributed by atoms with E-state index in [4.69, 9.17) is 22.1 Å². The smallest absolute Gasteiger partial charge is 0.412 e. The van der Waals surface area contributed by atoms with E-state index in [9.17, 15) is 23.2 Å². The Morgan fingerprint density at radius 1 is 1.15 bits per heavy atom. The molecule has 3 amide bonds. The summed E-state index contributed by atoms with van der Waals surface area (Å²) in [5.41, 5.74) is 8.66. The summed E-state index contributed by atoms with van der Waals surface area (Å²) in [6, 6.07) is 9.37. The van der Waals surface area contributed by atoms with Crippen molar-refractivity contribution in [2.24, 2.45) is 5.73 Å². The Balaban J connectivity index is 1.67. The number of ether oxygens (including phenoxy) is 1. The minimum Gasteiger partial charge on any atom is -0.447 e. The number of carbonyl (C=O) groups excluding carboxylic acids is 3. The Labute approximate surface area is 228 Å². The number of hydrazine groups is 1. The summed E-state index contributed by atoms with van der Waals surface area (Å²) in [7, 11) is 0. The van der Waals surface area contributed by atoms with Crippen LogP contribution in [0.5, 0.6) is 0 Å². The van der Waals surface area contributed by atoms with Gasteiger partial charge in [-0.15, -0.1) is 0 Å². The van der Waals surface area contributed by atoms with Gasteiger partial charge in [0.15, 0.2) is 0 Å². The van der Waals surface area contributed by atoms with Gasteiger partial charge in [0.1, 0.15) is 24.1 Å². The van der Waals surface area contributed by atoms with Crippen LogP contribution in [0.2, 0.25) is 5.02 Å². The number of hydrogen-bond acceptors (Lipinski definition) is 7. The second-order valence-corrected chi connectivity index (χ2v) is 8.95. The predicted octanol–water partition coefficient (Wildman–Crippen LogP) is 3.49. The van der Waals surface area contributed by atoms with Crippen molar-refractivity contribution in [2.75, 3.05) is 25.0 Å². The normalized spacial score (nSPS) is 11.6. The van der Waals surface area contributed by atoms with Crippen LogP contribution in [0, 0.1) is 11.6 Å². The number of nitrogens with one attached hydrogen (secondary N) is 3. The van der Waals surface area contributed by atoms with Gasteiger partial charge in [0.2, 0.25) is 11.8 Å². The van der Waals surface area contributed by atoms with Crippen LogP contribution in [0.15, 0.2) is 48.7 Å². The van der Waals surface area contributed by atoms with Crippen LogP contribution >= 0.6 is 11.6 Å². The molecule has 0 aliphatic heterocycles. The van der Waals surface area contributed by atoms with Gasteiger partial charge in [-0.2, -0.15) is 0 Å². The third-order valence-electron chi connectivity index (χ3n) is 5.72. The summed E-state index contributed by atoms with van der Waals surface area (Å²) in [5, 5.41) is 7.56. The zero-order valence-corrected chi connectivity index (χ0v) is 21.9. The van der Waals surface area contributed by atoms with Gasteiger partial charge in [-0.1, -0.05) is 23.7 Å². The first-order valence-corrected chi connectivity index (χ1v) is 12.5. The fourth-order valence-electron chi connectivity index (χ4n) is 3.77. The summed E-state index contributed by atoms with van der Waals surface area (Å²) in [5.74, 6) is -1.58. The molecule has 3 rings (SSSR count). The van der Waals surface area contributed by atoms with Gasteiger partial charge in [0.25, 0.3) is 0 Å². The summed E-state index contributed by atoms with van der Waals surface area (Å²) in [6.07, 6.45) is 1.42. The van der Waals surface area contributed by atoms with Crippen LogP contribution in [0.4, 0.5) is 19.4 Å². The largest absolute Gasteiger partial charge is 0.447 e. The van der Waals surface area contributed by atoms with E-state index in [1.54, 1.807) is 12.1 Å². The molecule has 0 aliphatic rings. The topological polar surface area (TPSA) is 139 Å². The summed E-state index contributed by atoms with van der Waals surface area (Å²) < 4.78 is 32.8. The molecule has 0 saturated carbocycles. The number of aromatic nitrogens is 1. The van der Waals surface area contributed by atoms with E-state index in [0.29, 0.717) is 29.2 Å². The maximum atomic E-state index is 13.8. The van der Waals surface area contributed by atoms with Gasteiger partial charge in [-0.05, 0) is 54.1 Å². The molecule has 13 heteroatoms. The van der Waals surface area contributed by atoms with Crippen molar-refractivity contribution in [2.45, 2.75) is 32.4 Å². The fourth-order valence-corrected chi connectivity index (χ4v) is 3.96. The zero-order chi connectivity index (χ0) is 28.4. The maximum Gasteiger partial charge on any atom is 0.412 e. The Bertz CT molecular complexity index is 1330. The predicted molar refractivity (Wildman–Crippen MR) is 143 cm³/mol. The van der Waals surface area contributed by atoms with Gasteiger partial charge in [0.05, 0.1) is 17.6 Å². The molecule has 1 aromatic heterocycles. The van der Waals surface area contributed by atoms with Crippen molar-refractivity contribution >= 4 is 46.1 Å². The molecule has 0 aliphatic carbocycles. The van der Waals surface area contributed by atoms with Crippen molar-refractivity contribution < 1.29 is 27.9 Å². The number of pyridine rings is 1. The van der Waals surface area contributed by atoms with Crippen LogP contribution in [-0.2, 0) is 20.9 Å². The minimum atomic E-state index is -0.837. The molecule has 10 nitrogen and oxygen atoms in total. The Hall–Kier alpha value is -3.87. The molecule has 0 saturated heterocycles. The quantitative estimate of drug-likeness (QED) is 0.196. The van der Waals surface area contributed by atoms with Crippen molar-refractivity contribution in [3.63, 3.8) is 0 Å². The number of benzene rings is 2. The molecule has 3 aromatic rings. The second kappa shape index (κ2) is 14.3. The number of fused-ring (bicyclic) bond motifs is 1. The highest BCUT2D eigenvalue weighted by molar-refractivity contribution is 6.31. The average Bonchev–Trinajstić information content (AvgIpc) is 2.90. The van der Waals surface area contributed by atoms with Crippen molar-refractivity contribution in [1.29, 1.82) is 0 Å². The van der Waals surface area contributed by atoms with E-state index in [2.05, 4.69) is 21.0 Å². The molecular formula is C26H29ClF2N6O4. The molecule has 0 unspecified atom stereocenters. The van der Waals surface area contributed by atoms with E-state index in [0.717, 1.165) is 0 Å². The molecule has 208 valence electrons. The monoisotopic (exact) mass is 562 g/mol. The van der Waals surface area contributed by atoms with E-state index >= 15 is 0 Å². The van der Waals surface area contributed by atoms with Crippen LogP contribution in [-0.4, -0.2) is 53.6 Å². The number of halogens is 3. The first-order chi connectivity index (χ1) is 18.7. The number of rotatable bonds is 12. The number of nitrogens with zero attached hydrogens (tertiary/aromatic N) is 2. The van der Waals surface area contributed by atoms with E-state index in [1.807, 2.05) is 0 Å². The van der Waals surface area contributed by atoms with Crippen LogP contribution in [0.1, 0.15) is 25.3 Å². The zero-order valence-electron chi connectivity index (χ0n) is 21.2. The van der Waals surface area contributed by atoms with E-state index in [-0.39, 0.29) is 48.9 Å². The molecule has 5 N–H and O–H groups in total. The highest BCUT2D eigenvalue weighted by Gasteiger charge is 2.23. The second-order valence-electron chi connectivity index (χ2n) is 8.57. The number of hydrogen-bond donors (Lipinski definition) is 4.